The highest BCUT2D eigenvalue weighted by Gasteiger charge is 2.22. The Morgan fingerprint density at radius 2 is 2.00 bits per heavy atom. The number of carbonyl (C=O) groups excluding carboxylic acids is 2. The topological polar surface area (TPSA) is 74.3 Å². The maximum absolute atomic E-state index is 12.3. The summed E-state index contributed by atoms with van der Waals surface area (Å²) in [5.41, 5.74) is 0.261. The fourth-order valence-electron chi connectivity index (χ4n) is 2.09. The number of hydrogen-bond acceptors (Lipinski definition) is 5. The normalized spacial score (nSPS) is 14.9. The highest BCUT2D eigenvalue weighted by atomic mass is 35.5. The molecule has 138 valence electrons. The van der Waals surface area contributed by atoms with Crippen LogP contribution in [-0.2, 0) is 16.0 Å². The number of thiazole rings is 1. The molecule has 0 bridgehead atoms. The van der Waals surface area contributed by atoms with E-state index in [9.17, 15) is 9.59 Å². The molecule has 9 heteroatoms. The Morgan fingerprint density at radius 1 is 1.29 bits per heavy atom. The molecule has 1 fully saturated rings. The van der Waals surface area contributed by atoms with Crippen LogP contribution in [0.2, 0.25) is 0 Å². The highest BCUT2D eigenvalue weighted by molar-refractivity contribution is 7.13. The van der Waals surface area contributed by atoms with Crippen molar-refractivity contribution in [2.24, 2.45) is 5.41 Å². The van der Waals surface area contributed by atoms with E-state index >= 15 is 0 Å². The molecule has 0 aromatic carbocycles. The van der Waals surface area contributed by atoms with Crippen LogP contribution in [-0.4, -0.2) is 47.9 Å². The van der Waals surface area contributed by atoms with Gasteiger partial charge in [0.05, 0.1) is 12.1 Å². The van der Waals surface area contributed by atoms with E-state index in [-0.39, 0.29) is 36.6 Å². The molecule has 1 saturated heterocycles. The lowest BCUT2D eigenvalue weighted by Gasteiger charge is -2.19. The van der Waals surface area contributed by atoms with Crippen LogP contribution in [0, 0.1) is 5.41 Å². The lowest BCUT2D eigenvalue weighted by atomic mass is 9.96. The zero-order valence-corrected chi connectivity index (χ0v) is 16.7. The molecule has 0 spiro atoms. The van der Waals surface area contributed by atoms with E-state index in [1.165, 1.54) is 11.3 Å². The number of nitrogens with one attached hydrogen (secondary N) is 2. The third-order valence-corrected chi connectivity index (χ3v) is 4.29. The second-order valence-corrected chi connectivity index (χ2v) is 7.37. The van der Waals surface area contributed by atoms with Crippen LogP contribution in [0.4, 0.5) is 5.13 Å². The number of rotatable bonds is 3. The summed E-state index contributed by atoms with van der Waals surface area (Å²) in [6, 6.07) is 0. The summed E-state index contributed by atoms with van der Waals surface area (Å²) in [4.78, 5) is 30.4. The third-order valence-electron chi connectivity index (χ3n) is 3.48. The van der Waals surface area contributed by atoms with E-state index in [0.29, 0.717) is 11.6 Å². The number of nitrogens with zero attached hydrogens (tertiary/aromatic N) is 2. The minimum atomic E-state index is -0.458. The second-order valence-electron chi connectivity index (χ2n) is 6.51. The average Bonchev–Trinajstić information content (AvgIpc) is 2.71. The lowest BCUT2D eigenvalue weighted by molar-refractivity contribution is -0.130. The quantitative estimate of drug-likeness (QED) is 0.821. The van der Waals surface area contributed by atoms with E-state index in [4.69, 9.17) is 0 Å². The van der Waals surface area contributed by atoms with Crippen LogP contribution in [0.5, 0.6) is 0 Å². The summed E-state index contributed by atoms with van der Waals surface area (Å²) in [5.74, 6) is 0.0287. The molecule has 1 aromatic rings. The largest absolute Gasteiger partial charge is 0.341 e. The van der Waals surface area contributed by atoms with Gasteiger partial charge in [-0.15, -0.1) is 36.2 Å². The SMILES string of the molecule is CC(C)(C)C(=O)Nc1nc(CC(=O)N2CCCNCC2)cs1.Cl.Cl. The molecule has 0 unspecified atom stereocenters. The van der Waals surface area contributed by atoms with Crippen LogP contribution in [0.15, 0.2) is 5.38 Å². The van der Waals surface area contributed by atoms with E-state index in [1.54, 1.807) is 0 Å². The minimum Gasteiger partial charge on any atom is -0.341 e. The van der Waals surface area contributed by atoms with Crippen molar-refractivity contribution in [2.75, 3.05) is 31.5 Å². The molecule has 0 saturated carbocycles. The number of aromatic nitrogens is 1. The van der Waals surface area contributed by atoms with Gasteiger partial charge in [0.1, 0.15) is 0 Å². The highest BCUT2D eigenvalue weighted by Crippen LogP contribution is 2.21. The van der Waals surface area contributed by atoms with Gasteiger partial charge >= 0.3 is 0 Å². The summed E-state index contributed by atoms with van der Waals surface area (Å²) < 4.78 is 0. The molecule has 0 atom stereocenters. The molecule has 24 heavy (non-hydrogen) atoms. The Balaban J connectivity index is 0.00000264. The van der Waals surface area contributed by atoms with Gasteiger partial charge in [0.25, 0.3) is 0 Å². The predicted molar refractivity (Wildman–Crippen MR) is 102 cm³/mol. The molecule has 6 nitrogen and oxygen atoms in total. The van der Waals surface area contributed by atoms with Gasteiger partial charge in [-0.05, 0) is 13.0 Å². The first-order valence-corrected chi connectivity index (χ1v) is 8.48. The maximum Gasteiger partial charge on any atom is 0.231 e. The monoisotopic (exact) mass is 396 g/mol. The molecule has 0 aliphatic carbocycles. The zero-order valence-electron chi connectivity index (χ0n) is 14.3. The lowest BCUT2D eigenvalue weighted by Crippen LogP contribution is -2.35. The summed E-state index contributed by atoms with van der Waals surface area (Å²) >= 11 is 1.36. The van der Waals surface area contributed by atoms with Gasteiger partial charge in [0.15, 0.2) is 5.13 Å². The molecule has 1 aliphatic rings. The molecule has 1 aliphatic heterocycles. The van der Waals surface area contributed by atoms with Gasteiger partial charge in [-0.3, -0.25) is 9.59 Å². The Morgan fingerprint density at radius 3 is 2.67 bits per heavy atom. The van der Waals surface area contributed by atoms with Crippen molar-refractivity contribution >= 4 is 53.1 Å². The Bertz CT molecular complexity index is 538. The molecule has 0 radical (unpaired) electrons. The fraction of sp³-hybridized carbons (Fsp3) is 0.667. The second kappa shape index (κ2) is 10.2. The number of hydrogen-bond donors (Lipinski definition) is 2. The van der Waals surface area contributed by atoms with Crippen LogP contribution in [0.1, 0.15) is 32.9 Å². The van der Waals surface area contributed by atoms with Crippen LogP contribution >= 0.6 is 36.2 Å². The van der Waals surface area contributed by atoms with E-state index in [1.807, 2.05) is 31.1 Å². The Hall–Kier alpha value is -0.890. The standard InChI is InChI=1S/C15H24N4O2S.2ClH/c1-15(2,3)13(21)18-14-17-11(10-22-14)9-12(20)19-7-4-5-16-6-8-19;;/h10,16H,4-9H2,1-3H3,(H,17,18,21);2*1H. The summed E-state index contributed by atoms with van der Waals surface area (Å²) in [6.07, 6.45) is 1.28. The first kappa shape index (κ1) is 23.1. The third kappa shape index (κ3) is 6.93. The van der Waals surface area contributed by atoms with Gasteiger partial charge in [-0.2, -0.15) is 0 Å². The Labute approximate surface area is 159 Å². The fourth-order valence-corrected chi connectivity index (χ4v) is 2.80. The van der Waals surface area contributed by atoms with Crippen LogP contribution < -0.4 is 10.6 Å². The van der Waals surface area contributed by atoms with Gasteiger partial charge < -0.3 is 15.5 Å². The van der Waals surface area contributed by atoms with E-state index in [2.05, 4.69) is 15.6 Å². The van der Waals surface area contributed by atoms with Crippen molar-refractivity contribution in [3.05, 3.63) is 11.1 Å². The minimum absolute atomic E-state index is 0. The number of amides is 2. The van der Waals surface area contributed by atoms with Crippen molar-refractivity contribution in [1.29, 1.82) is 0 Å². The molecular formula is C15H26Cl2N4O2S. The van der Waals surface area contributed by atoms with E-state index in [0.717, 1.165) is 38.3 Å². The molecule has 2 N–H and O–H groups in total. The van der Waals surface area contributed by atoms with Gasteiger partial charge in [-0.1, -0.05) is 20.8 Å². The maximum atomic E-state index is 12.3. The Kier molecular flexibility index (Phi) is 9.80. The molecule has 2 heterocycles. The first-order valence-electron chi connectivity index (χ1n) is 7.60. The first-order chi connectivity index (χ1) is 10.4. The van der Waals surface area contributed by atoms with Crippen LogP contribution in [0.3, 0.4) is 0 Å². The number of anilines is 1. The van der Waals surface area contributed by atoms with Crippen molar-refractivity contribution in [3.63, 3.8) is 0 Å². The van der Waals surface area contributed by atoms with Crippen LogP contribution in [0.25, 0.3) is 0 Å². The smallest absolute Gasteiger partial charge is 0.231 e. The van der Waals surface area contributed by atoms with Gasteiger partial charge in [-0.25, -0.2) is 4.98 Å². The summed E-state index contributed by atoms with van der Waals surface area (Å²) in [7, 11) is 0. The molecule has 1 aromatic heterocycles. The molecule has 2 rings (SSSR count). The van der Waals surface area contributed by atoms with Crippen molar-refractivity contribution in [2.45, 2.75) is 33.6 Å². The molecular weight excluding hydrogens is 371 g/mol. The number of carbonyl (C=O) groups is 2. The average molecular weight is 397 g/mol. The summed E-state index contributed by atoms with van der Waals surface area (Å²) in [5, 5.41) is 8.47. The van der Waals surface area contributed by atoms with Crippen molar-refractivity contribution in [1.82, 2.24) is 15.2 Å². The summed E-state index contributed by atoms with van der Waals surface area (Å²) in [6.45, 7) is 8.91. The van der Waals surface area contributed by atoms with Crippen molar-refractivity contribution < 1.29 is 9.59 Å². The predicted octanol–water partition coefficient (Wildman–Crippen LogP) is 2.34. The zero-order chi connectivity index (χ0) is 16.2. The van der Waals surface area contributed by atoms with E-state index < -0.39 is 5.41 Å². The molecule has 2 amide bonds. The van der Waals surface area contributed by atoms with Gasteiger partial charge in [0, 0.05) is 30.4 Å². The number of halogens is 2. The van der Waals surface area contributed by atoms with Crippen molar-refractivity contribution in [3.8, 4) is 0 Å². The van der Waals surface area contributed by atoms with Gasteiger partial charge in [0.2, 0.25) is 11.8 Å².